The van der Waals surface area contributed by atoms with Gasteiger partial charge >= 0.3 is 0 Å². The number of anilines is 1. The highest BCUT2D eigenvalue weighted by atomic mass is 19.1. The van der Waals surface area contributed by atoms with Crippen molar-refractivity contribution < 1.29 is 9.50 Å². The molecule has 124 valence electrons. The van der Waals surface area contributed by atoms with E-state index in [2.05, 4.69) is 20.0 Å². The third kappa shape index (κ3) is 2.50. The molecule has 1 aromatic carbocycles. The molecule has 2 aromatic heterocycles. The Balaban J connectivity index is 1.74. The summed E-state index contributed by atoms with van der Waals surface area (Å²) in [5, 5.41) is 14.3. The molecular weight excluding hydrogens is 309 g/mol. The van der Waals surface area contributed by atoms with Gasteiger partial charge in [0, 0.05) is 6.54 Å². The van der Waals surface area contributed by atoms with E-state index in [-0.39, 0.29) is 18.5 Å². The molecule has 0 radical (unpaired) electrons. The van der Waals surface area contributed by atoms with Gasteiger partial charge in [0.15, 0.2) is 5.65 Å². The number of fused-ring (bicyclic) bond motifs is 1. The van der Waals surface area contributed by atoms with Gasteiger partial charge in [0.25, 0.3) is 0 Å². The van der Waals surface area contributed by atoms with E-state index in [0.29, 0.717) is 6.54 Å². The van der Waals surface area contributed by atoms with Gasteiger partial charge in [0.2, 0.25) is 0 Å². The number of aromatic nitrogens is 4. The van der Waals surface area contributed by atoms with Crippen LogP contribution in [0.4, 0.5) is 10.2 Å². The van der Waals surface area contributed by atoms with Gasteiger partial charge in [-0.2, -0.15) is 5.10 Å². The van der Waals surface area contributed by atoms with E-state index in [1.54, 1.807) is 10.9 Å². The lowest BCUT2D eigenvalue weighted by molar-refractivity contribution is 0.271. The molecule has 1 N–H and O–H groups in total. The smallest absolute Gasteiger partial charge is 0.163 e. The van der Waals surface area contributed by atoms with E-state index in [0.717, 1.165) is 41.8 Å². The monoisotopic (exact) mass is 327 g/mol. The van der Waals surface area contributed by atoms with Crippen molar-refractivity contribution in [2.24, 2.45) is 0 Å². The summed E-state index contributed by atoms with van der Waals surface area (Å²) >= 11 is 0. The summed E-state index contributed by atoms with van der Waals surface area (Å²) in [6, 6.07) is 6.85. The Bertz CT molecular complexity index is 848. The molecule has 24 heavy (non-hydrogen) atoms. The first-order chi connectivity index (χ1) is 11.8. The number of aliphatic hydroxyl groups is 1. The van der Waals surface area contributed by atoms with Gasteiger partial charge in [0.1, 0.15) is 18.0 Å². The SMILES string of the molecule is OCCn1ncc2c(N3CCC[C@@H]3c3ccc(F)cc3)ncnc21. The zero-order chi connectivity index (χ0) is 16.5. The van der Waals surface area contributed by atoms with Crippen molar-refractivity contribution in [1.29, 1.82) is 0 Å². The van der Waals surface area contributed by atoms with Crippen LogP contribution < -0.4 is 4.90 Å². The molecule has 1 saturated heterocycles. The fourth-order valence-electron chi connectivity index (χ4n) is 3.42. The van der Waals surface area contributed by atoms with Crippen molar-refractivity contribution in [1.82, 2.24) is 19.7 Å². The first kappa shape index (κ1) is 15.0. The summed E-state index contributed by atoms with van der Waals surface area (Å²) in [6.07, 6.45) is 5.34. The summed E-state index contributed by atoms with van der Waals surface area (Å²) in [5.74, 6) is 0.619. The van der Waals surface area contributed by atoms with Gasteiger partial charge < -0.3 is 10.0 Å². The summed E-state index contributed by atoms with van der Waals surface area (Å²) in [5.41, 5.74) is 1.81. The third-order valence-electron chi connectivity index (χ3n) is 4.50. The number of aliphatic hydroxyl groups excluding tert-OH is 1. The highest BCUT2D eigenvalue weighted by Gasteiger charge is 2.29. The second kappa shape index (κ2) is 6.16. The van der Waals surface area contributed by atoms with Gasteiger partial charge in [-0.05, 0) is 30.5 Å². The first-order valence-corrected chi connectivity index (χ1v) is 8.07. The van der Waals surface area contributed by atoms with E-state index in [1.807, 2.05) is 12.1 Å². The largest absolute Gasteiger partial charge is 0.394 e. The third-order valence-corrected chi connectivity index (χ3v) is 4.50. The lowest BCUT2D eigenvalue weighted by atomic mass is 10.0. The molecule has 0 amide bonds. The second-order valence-electron chi connectivity index (χ2n) is 5.93. The predicted molar refractivity (Wildman–Crippen MR) is 88.1 cm³/mol. The van der Waals surface area contributed by atoms with E-state index >= 15 is 0 Å². The van der Waals surface area contributed by atoms with Crippen molar-refractivity contribution in [2.75, 3.05) is 18.1 Å². The van der Waals surface area contributed by atoms with Crippen molar-refractivity contribution in [3.05, 3.63) is 48.2 Å². The average Bonchev–Trinajstić information content (AvgIpc) is 3.23. The minimum Gasteiger partial charge on any atom is -0.394 e. The topological polar surface area (TPSA) is 67.1 Å². The van der Waals surface area contributed by atoms with Crippen LogP contribution in [0.3, 0.4) is 0 Å². The highest BCUT2D eigenvalue weighted by Crippen LogP contribution is 2.37. The maximum atomic E-state index is 13.2. The van der Waals surface area contributed by atoms with E-state index in [1.165, 1.54) is 18.5 Å². The van der Waals surface area contributed by atoms with Gasteiger partial charge in [0.05, 0.1) is 30.8 Å². The highest BCUT2D eigenvalue weighted by molar-refractivity contribution is 5.87. The molecule has 4 rings (SSSR count). The number of hydrogen-bond donors (Lipinski definition) is 1. The van der Waals surface area contributed by atoms with Crippen LogP contribution in [0.15, 0.2) is 36.8 Å². The standard InChI is InChI=1S/C17H18FN5O/c18-13-5-3-12(4-6-13)15-2-1-7-22(15)16-14-10-21-23(8-9-24)17(14)20-11-19-16/h3-6,10-11,15,24H,1-2,7-9H2/t15-/m1/s1. The minimum absolute atomic E-state index is 0.0119. The maximum Gasteiger partial charge on any atom is 0.163 e. The van der Waals surface area contributed by atoms with Crippen molar-refractivity contribution in [3.63, 3.8) is 0 Å². The molecule has 3 aromatic rings. The lowest BCUT2D eigenvalue weighted by Gasteiger charge is -2.26. The van der Waals surface area contributed by atoms with Crippen LogP contribution in [-0.2, 0) is 6.54 Å². The number of halogens is 1. The first-order valence-electron chi connectivity index (χ1n) is 8.07. The zero-order valence-electron chi connectivity index (χ0n) is 13.1. The van der Waals surface area contributed by atoms with Crippen LogP contribution in [0.2, 0.25) is 0 Å². The van der Waals surface area contributed by atoms with E-state index in [4.69, 9.17) is 5.11 Å². The Morgan fingerprint density at radius 2 is 2.04 bits per heavy atom. The second-order valence-corrected chi connectivity index (χ2v) is 5.93. The normalized spacial score (nSPS) is 17.8. The Hall–Kier alpha value is -2.54. The molecule has 0 bridgehead atoms. The molecular formula is C17H18FN5O. The molecule has 1 fully saturated rings. The van der Waals surface area contributed by atoms with Gasteiger partial charge in [-0.1, -0.05) is 12.1 Å². The summed E-state index contributed by atoms with van der Waals surface area (Å²) in [7, 11) is 0. The predicted octanol–water partition coefficient (Wildman–Crippen LogP) is 2.30. The number of rotatable bonds is 4. The molecule has 6 nitrogen and oxygen atoms in total. The fourth-order valence-corrected chi connectivity index (χ4v) is 3.42. The van der Waals surface area contributed by atoms with Crippen LogP contribution in [0.5, 0.6) is 0 Å². The lowest BCUT2D eigenvalue weighted by Crippen LogP contribution is -2.24. The molecule has 3 heterocycles. The summed E-state index contributed by atoms with van der Waals surface area (Å²) in [6.45, 7) is 1.30. The Labute approximate surface area is 138 Å². The van der Waals surface area contributed by atoms with Crippen molar-refractivity contribution in [3.8, 4) is 0 Å². The molecule has 7 heteroatoms. The van der Waals surface area contributed by atoms with Crippen LogP contribution in [-0.4, -0.2) is 38.0 Å². The zero-order valence-corrected chi connectivity index (χ0v) is 13.1. The molecule has 1 atom stereocenters. The van der Waals surface area contributed by atoms with E-state index in [9.17, 15) is 4.39 Å². The summed E-state index contributed by atoms with van der Waals surface area (Å²) in [4.78, 5) is 11.0. The van der Waals surface area contributed by atoms with Crippen LogP contribution in [0.1, 0.15) is 24.4 Å². The molecule has 0 spiro atoms. The van der Waals surface area contributed by atoms with Crippen molar-refractivity contribution >= 4 is 16.9 Å². The Kier molecular flexibility index (Phi) is 3.86. The molecule has 0 saturated carbocycles. The molecule has 0 aliphatic carbocycles. The fraction of sp³-hybridized carbons (Fsp3) is 0.353. The summed E-state index contributed by atoms with van der Waals surface area (Å²) < 4.78 is 14.9. The number of nitrogens with zero attached hydrogens (tertiary/aromatic N) is 5. The molecule has 1 aliphatic heterocycles. The Morgan fingerprint density at radius 1 is 1.21 bits per heavy atom. The molecule has 1 aliphatic rings. The quantitative estimate of drug-likeness (QED) is 0.796. The van der Waals surface area contributed by atoms with Crippen LogP contribution >= 0.6 is 0 Å². The maximum absolute atomic E-state index is 13.2. The van der Waals surface area contributed by atoms with Crippen molar-refractivity contribution in [2.45, 2.75) is 25.4 Å². The van der Waals surface area contributed by atoms with Crippen LogP contribution in [0.25, 0.3) is 11.0 Å². The van der Waals surface area contributed by atoms with Gasteiger partial charge in [-0.15, -0.1) is 0 Å². The van der Waals surface area contributed by atoms with Gasteiger partial charge in [-0.25, -0.2) is 19.0 Å². The number of benzene rings is 1. The Morgan fingerprint density at radius 3 is 2.83 bits per heavy atom. The van der Waals surface area contributed by atoms with E-state index < -0.39 is 0 Å². The molecule has 0 unspecified atom stereocenters. The minimum atomic E-state index is -0.224. The van der Waals surface area contributed by atoms with Crippen LogP contribution in [0, 0.1) is 5.82 Å². The van der Waals surface area contributed by atoms with Gasteiger partial charge in [-0.3, -0.25) is 0 Å². The number of hydrogen-bond acceptors (Lipinski definition) is 5. The average molecular weight is 327 g/mol.